The number of alkyl halides is 3. The number of halogens is 3. The van der Waals surface area contributed by atoms with Gasteiger partial charge in [0.2, 0.25) is 10.0 Å². The minimum atomic E-state index is -4.69. The molecule has 2 rings (SSSR count). The number of sulfonamides is 1. The Balaban J connectivity index is 2.39. The largest absolute Gasteiger partial charge is 0.417 e. The van der Waals surface area contributed by atoms with Gasteiger partial charge in [-0.2, -0.15) is 13.2 Å². The van der Waals surface area contributed by atoms with Gasteiger partial charge in [0.15, 0.2) is 0 Å². The third-order valence-corrected chi connectivity index (χ3v) is 4.28. The number of carbonyl (C=O) groups is 1. The first kappa shape index (κ1) is 18.0. The van der Waals surface area contributed by atoms with Gasteiger partial charge in [-0.05, 0) is 36.8 Å². The first-order valence-electron chi connectivity index (χ1n) is 6.61. The maximum atomic E-state index is 12.9. The van der Waals surface area contributed by atoms with Crippen molar-refractivity contribution in [2.24, 2.45) is 5.14 Å². The van der Waals surface area contributed by atoms with Gasteiger partial charge in [0.1, 0.15) is 0 Å². The molecule has 0 aromatic heterocycles. The molecule has 128 valence electrons. The van der Waals surface area contributed by atoms with Crippen molar-refractivity contribution in [3.8, 4) is 0 Å². The van der Waals surface area contributed by atoms with Gasteiger partial charge in [0.05, 0.1) is 16.0 Å². The lowest BCUT2D eigenvalue weighted by molar-refractivity contribution is -0.137. The van der Waals surface area contributed by atoms with Crippen molar-refractivity contribution < 1.29 is 26.4 Å². The number of primary sulfonamides is 1. The zero-order valence-electron chi connectivity index (χ0n) is 12.4. The van der Waals surface area contributed by atoms with Crippen LogP contribution in [-0.4, -0.2) is 14.3 Å². The fourth-order valence-corrected chi connectivity index (χ4v) is 2.92. The van der Waals surface area contributed by atoms with Crippen molar-refractivity contribution in [3.05, 3.63) is 59.2 Å². The standard InChI is InChI=1S/C15H13F3N2O3S/c1-9-6-7-10(8-13(9)24(19,22)23)20-14(21)11-4-2-3-5-12(11)15(16,17)18/h2-8H,1H3,(H,20,21)(H2,19,22,23). The Bertz CT molecular complexity index is 893. The molecule has 0 bridgehead atoms. The minimum Gasteiger partial charge on any atom is -0.322 e. The van der Waals surface area contributed by atoms with Crippen molar-refractivity contribution in [1.82, 2.24) is 0 Å². The molecule has 24 heavy (non-hydrogen) atoms. The number of rotatable bonds is 3. The lowest BCUT2D eigenvalue weighted by Crippen LogP contribution is -2.19. The number of hydrogen-bond donors (Lipinski definition) is 2. The Morgan fingerprint density at radius 2 is 1.75 bits per heavy atom. The average Bonchev–Trinajstić information content (AvgIpc) is 2.47. The second kappa shape index (κ2) is 6.25. The third-order valence-electron chi connectivity index (χ3n) is 3.23. The summed E-state index contributed by atoms with van der Waals surface area (Å²) < 4.78 is 61.8. The quantitative estimate of drug-likeness (QED) is 0.884. The smallest absolute Gasteiger partial charge is 0.322 e. The highest BCUT2D eigenvalue weighted by Crippen LogP contribution is 2.32. The van der Waals surface area contributed by atoms with E-state index in [0.29, 0.717) is 5.56 Å². The van der Waals surface area contributed by atoms with Crippen LogP contribution < -0.4 is 10.5 Å². The SMILES string of the molecule is Cc1ccc(NC(=O)c2ccccc2C(F)(F)F)cc1S(N)(=O)=O. The van der Waals surface area contributed by atoms with Crippen LogP contribution in [0, 0.1) is 6.92 Å². The second-order valence-corrected chi connectivity index (χ2v) is 6.55. The third kappa shape index (κ3) is 3.92. The summed E-state index contributed by atoms with van der Waals surface area (Å²) in [5.74, 6) is -1.01. The lowest BCUT2D eigenvalue weighted by atomic mass is 10.1. The van der Waals surface area contributed by atoms with Crippen molar-refractivity contribution in [1.29, 1.82) is 0 Å². The monoisotopic (exact) mass is 358 g/mol. The molecule has 0 radical (unpaired) electrons. The molecule has 3 N–H and O–H groups in total. The molecule has 2 aromatic rings. The van der Waals surface area contributed by atoms with Crippen molar-refractivity contribution in [2.75, 3.05) is 5.32 Å². The van der Waals surface area contributed by atoms with Gasteiger partial charge < -0.3 is 5.32 Å². The van der Waals surface area contributed by atoms with Crippen LogP contribution in [0.5, 0.6) is 0 Å². The molecule has 0 saturated heterocycles. The van der Waals surface area contributed by atoms with Gasteiger partial charge in [-0.15, -0.1) is 0 Å². The predicted octanol–water partition coefficient (Wildman–Crippen LogP) is 2.91. The van der Waals surface area contributed by atoms with Crippen LogP contribution in [0.25, 0.3) is 0 Å². The zero-order chi connectivity index (χ0) is 18.1. The van der Waals surface area contributed by atoms with Gasteiger partial charge in [0, 0.05) is 5.69 Å². The van der Waals surface area contributed by atoms with E-state index in [1.54, 1.807) is 0 Å². The molecule has 0 spiro atoms. The minimum absolute atomic E-state index is 0.0200. The molecule has 0 aliphatic carbocycles. The highest BCUT2D eigenvalue weighted by atomic mass is 32.2. The summed E-state index contributed by atoms with van der Waals surface area (Å²) in [6, 6.07) is 8.16. The van der Waals surface area contributed by atoms with Crippen molar-refractivity contribution in [2.45, 2.75) is 18.0 Å². The number of nitrogens with one attached hydrogen (secondary N) is 1. The molecule has 0 aliphatic rings. The number of benzene rings is 2. The Labute approximate surface area is 136 Å². The maximum absolute atomic E-state index is 12.9. The van der Waals surface area contributed by atoms with Crippen LogP contribution in [0.2, 0.25) is 0 Å². The van der Waals surface area contributed by atoms with Crippen molar-refractivity contribution in [3.63, 3.8) is 0 Å². The molecule has 0 saturated carbocycles. The van der Waals surface area contributed by atoms with Crippen LogP contribution >= 0.6 is 0 Å². The summed E-state index contributed by atoms with van der Waals surface area (Å²) in [5, 5.41) is 7.31. The molecule has 0 fully saturated rings. The van der Waals surface area contributed by atoms with E-state index >= 15 is 0 Å². The second-order valence-electron chi connectivity index (χ2n) is 5.02. The summed E-state index contributed by atoms with van der Waals surface area (Å²) in [6.45, 7) is 1.50. The first-order chi connectivity index (χ1) is 11.0. The van der Waals surface area contributed by atoms with Crippen LogP contribution in [0.15, 0.2) is 47.4 Å². The van der Waals surface area contributed by atoms with Crippen LogP contribution in [0.1, 0.15) is 21.5 Å². The molecule has 0 atom stereocenters. The van der Waals surface area contributed by atoms with Crippen LogP contribution in [-0.2, 0) is 16.2 Å². The number of hydrogen-bond acceptors (Lipinski definition) is 3. The molecule has 5 nitrogen and oxygen atoms in total. The molecule has 9 heteroatoms. The van der Waals surface area contributed by atoms with Crippen molar-refractivity contribution >= 4 is 21.6 Å². The maximum Gasteiger partial charge on any atom is 0.417 e. The molecular weight excluding hydrogens is 345 g/mol. The number of nitrogens with two attached hydrogens (primary N) is 1. The van der Waals surface area contributed by atoms with Gasteiger partial charge >= 0.3 is 6.18 Å². The summed E-state index contributed by atoms with van der Waals surface area (Å²) in [5.41, 5.74) is -1.28. The Kier molecular flexibility index (Phi) is 4.68. The van der Waals surface area contributed by atoms with E-state index in [-0.39, 0.29) is 10.6 Å². The summed E-state index contributed by atoms with van der Waals surface area (Å²) >= 11 is 0. The lowest BCUT2D eigenvalue weighted by Gasteiger charge is -2.13. The van der Waals surface area contributed by atoms with E-state index in [2.05, 4.69) is 5.32 Å². The van der Waals surface area contributed by atoms with Gasteiger partial charge in [-0.25, -0.2) is 13.6 Å². The van der Waals surface area contributed by atoms with E-state index in [9.17, 15) is 26.4 Å². The number of aryl methyl sites for hydroxylation is 1. The van der Waals surface area contributed by atoms with E-state index < -0.39 is 33.2 Å². The van der Waals surface area contributed by atoms with Gasteiger partial charge in [-0.1, -0.05) is 18.2 Å². The Morgan fingerprint density at radius 3 is 2.33 bits per heavy atom. The molecule has 1 amide bonds. The van der Waals surface area contributed by atoms with Gasteiger partial charge in [0.25, 0.3) is 5.91 Å². The first-order valence-corrected chi connectivity index (χ1v) is 8.16. The number of amides is 1. The molecule has 0 heterocycles. The fraction of sp³-hybridized carbons (Fsp3) is 0.133. The highest BCUT2D eigenvalue weighted by Gasteiger charge is 2.34. The van der Waals surface area contributed by atoms with Gasteiger partial charge in [-0.3, -0.25) is 4.79 Å². The summed E-state index contributed by atoms with van der Waals surface area (Å²) in [7, 11) is -4.02. The number of anilines is 1. The summed E-state index contributed by atoms with van der Waals surface area (Å²) in [4.78, 5) is 11.9. The van der Waals surface area contributed by atoms with E-state index in [0.717, 1.165) is 18.2 Å². The average molecular weight is 358 g/mol. The molecule has 0 unspecified atom stereocenters. The normalized spacial score (nSPS) is 12.0. The summed E-state index contributed by atoms with van der Waals surface area (Å²) in [6.07, 6.45) is -4.69. The van der Waals surface area contributed by atoms with E-state index in [1.165, 1.54) is 31.2 Å². The predicted molar refractivity (Wildman–Crippen MR) is 81.9 cm³/mol. The Hall–Kier alpha value is -2.39. The number of carbonyl (C=O) groups excluding carboxylic acids is 1. The van der Waals surface area contributed by atoms with E-state index in [1.807, 2.05) is 0 Å². The fourth-order valence-electron chi connectivity index (χ4n) is 2.11. The Morgan fingerprint density at radius 1 is 1.12 bits per heavy atom. The topological polar surface area (TPSA) is 89.3 Å². The molecule has 0 aliphatic heterocycles. The van der Waals surface area contributed by atoms with E-state index in [4.69, 9.17) is 5.14 Å². The highest BCUT2D eigenvalue weighted by molar-refractivity contribution is 7.89. The van der Waals surface area contributed by atoms with Crippen LogP contribution in [0.3, 0.4) is 0 Å². The van der Waals surface area contributed by atoms with Crippen LogP contribution in [0.4, 0.5) is 18.9 Å². The molecule has 2 aromatic carbocycles. The molecular formula is C15H13F3N2O3S. The zero-order valence-corrected chi connectivity index (χ0v) is 13.2.